The second-order valence-electron chi connectivity index (χ2n) is 17.5. The first-order valence-corrected chi connectivity index (χ1v) is 24.6. The number of fused-ring (bicyclic) bond motifs is 6. The molecule has 3 heterocycles. The van der Waals surface area contributed by atoms with Crippen LogP contribution in [0.15, 0.2) is 121 Å². The van der Waals surface area contributed by atoms with E-state index in [1.54, 1.807) is 0 Å². The summed E-state index contributed by atoms with van der Waals surface area (Å²) in [5.41, 5.74) is 6.16. The molecule has 0 saturated carbocycles. The minimum absolute atomic E-state index is 0.0950. The second-order valence-corrected chi connectivity index (χ2v) is 20.7. The first-order valence-electron chi connectivity index (χ1n) is 21.5. The third-order valence-electron chi connectivity index (χ3n) is 12.4. The molecule has 0 aromatic heterocycles. The van der Waals surface area contributed by atoms with Gasteiger partial charge in [-0.3, -0.25) is 18.7 Å². The molecule has 0 spiro atoms. The molecule has 1 fully saturated rings. The monoisotopic (exact) mass is 908 g/mol. The highest BCUT2D eigenvalue weighted by Gasteiger charge is 2.49. The number of imide groups is 1. The van der Waals surface area contributed by atoms with E-state index in [4.69, 9.17) is 4.84 Å². The predicted octanol–water partition coefficient (Wildman–Crippen LogP) is 8.42. The van der Waals surface area contributed by atoms with Crippen molar-refractivity contribution < 1.29 is 49.7 Å². The van der Waals surface area contributed by atoms with Crippen molar-refractivity contribution in [3.63, 3.8) is 0 Å². The number of hydroxylamine groups is 2. The van der Waals surface area contributed by atoms with Gasteiger partial charge in [0.25, 0.3) is 32.1 Å². The van der Waals surface area contributed by atoms with Crippen molar-refractivity contribution in [1.82, 2.24) is 5.06 Å². The third kappa shape index (κ3) is 9.53. The summed E-state index contributed by atoms with van der Waals surface area (Å²) in [4.78, 5) is 44.2. The number of carbonyl (C=O) groups is 3. The van der Waals surface area contributed by atoms with Crippen LogP contribution in [-0.4, -0.2) is 83.2 Å². The summed E-state index contributed by atoms with van der Waals surface area (Å²) in [5.74, 6) is -3.41. The molecule has 7 rings (SSSR count). The Kier molecular flexibility index (Phi) is 13.3. The van der Waals surface area contributed by atoms with Crippen molar-refractivity contribution in [3.05, 3.63) is 132 Å². The number of amides is 2. The molecule has 1 saturated heterocycles. The number of allylic oxidation sites excluding steroid dienone is 8. The van der Waals surface area contributed by atoms with Crippen LogP contribution in [-0.2, 0) is 50.3 Å². The van der Waals surface area contributed by atoms with Crippen molar-refractivity contribution >= 4 is 76.7 Å². The quantitative estimate of drug-likeness (QED) is 0.0342. The molecule has 336 valence electrons. The Morgan fingerprint density at radius 1 is 0.766 bits per heavy atom. The largest absolute Gasteiger partial charge is 0.344 e. The number of anilines is 1. The van der Waals surface area contributed by atoms with Crippen molar-refractivity contribution in [1.29, 1.82) is 0 Å². The minimum Gasteiger partial charge on any atom is -0.344 e. The fraction of sp³-hybridized carbons (Fsp3) is 0.347. The Hall–Kier alpha value is -5.74. The number of rotatable bonds is 17. The fourth-order valence-corrected chi connectivity index (χ4v) is 10.6. The van der Waals surface area contributed by atoms with Crippen LogP contribution in [0.5, 0.6) is 0 Å². The van der Waals surface area contributed by atoms with Crippen molar-refractivity contribution in [3.8, 4) is 0 Å². The molecule has 2 N–H and O–H groups in total. The van der Waals surface area contributed by atoms with E-state index in [2.05, 4.69) is 97.9 Å². The summed E-state index contributed by atoms with van der Waals surface area (Å²) in [6.45, 7) is 10.1. The number of hydrogen-bond acceptors (Lipinski definition) is 9. The van der Waals surface area contributed by atoms with E-state index in [1.807, 2.05) is 54.6 Å². The van der Waals surface area contributed by atoms with Gasteiger partial charge in [0.05, 0.1) is 17.6 Å². The number of benzene rings is 4. The molecule has 4 aromatic carbocycles. The first-order chi connectivity index (χ1) is 30.3. The van der Waals surface area contributed by atoms with E-state index < -0.39 is 49.7 Å². The summed E-state index contributed by atoms with van der Waals surface area (Å²) >= 11 is 0. The summed E-state index contributed by atoms with van der Waals surface area (Å²) < 4.78 is 66.6. The molecule has 13 nitrogen and oxygen atoms in total. The fourth-order valence-electron chi connectivity index (χ4n) is 9.37. The second kappa shape index (κ2) is 18.4. The van der Waals surface area contributed by atoms with Gasteiger partial charge in [0.15, 0.2) is 11.0 Å². The topological polar surface area (TPSA) is 179 Å². The zero-order valence-electron chi connectivity index (χ0n) is 36.4. The summed E-state index contributed by atoms with van der Waals surface area (Å²) in [7, 11) is -8.85. The highest BCUT2D eigenvalue weighted by atomic mass is 32.2. The van der Waals surface area contributed by atoms with Crippen molar-refractivity contribution in [2.24, 2.45) is 0 Å². The van der Waals surface area contributed by atoms with Gasteiger partial charge >= 0.3 is 5.97 Å². The van der Waals surface area contributed by atoms with Crippen molar-refractivity contribution in [2.45, 2.75) is 88.7 Å². The van der Waals surface area contributed by atoms with E-state index in [0.717, 1.165) is 33.6 Å². The van der Waals surface area contributed by atoms with Gasteiger partial charge in [0.2, 0.25) is 5.69 Å². The van der Waals surface area contributed by atoms with Gasteiger partial charge < -0.3 is 9.74 Å². The summed E-state index contributed by atoms with van der Waals surface area (Å²) in [6.07, 6.45) is 16.1. The van der Waals surface area contributed by atoms with E-state index in [9.17, 15) is 40.3 Å². The number of hydrogen-bond donors (Lipinski definition) is 2. The number of nitrogens with zero attached hydrogens (tertiary/aromatic N) is 3. The van der Waals surface area contributed by atoms with E-state index >= 15 is 0 Å². The average molecular weight is 909 g/mol. The van der Waals surface area contributed by atoms with Gasteiger partial charge in [-0.2, -0.15) is 21.4 Å². The molecule has 3 aliphatic heterocycles. The normalized spacial score (nSPS) is 19.2. The third-order valence-corrected chi connectivity index (χ3v) is 14.3. The number of carbonyl (C=O) groups excluding carboxylic acids is 3. The molecule has 1 atom stereocenters. The van der Waals surface area contributed by atoms with E-state index in [-0.39, 0.29) is 28.1 Å². The first kappa shape index (κ1) is 46.3. The average Bonchev–Trinajstić information content (AvgIpc) is 3.74. The lowest BCUT2D eigenvalue weighted by Crippen LogP contribution is -2.36. The molecule has 0 radical (unpaired) electrons. The SMILES string of the molecule is CC1(C)C(/C=C/C=C/C=C/C=C2/N(CCCCCC(=O)ON3C(=O)CC(S(=O)(=O)O)C3=O)c3ccc4ccccc4c3C2(C)C)=[N+](CCCCS(=O)(=O)O)c2ccc3ccccc3c21. The van der Waals surface area contributed by atoms with Gasteiger partial charge in [-0.1, -0.05) is 105 Å². The van der Waals surface area contributed by atoms with Crippen LogP contribution in [0.2, 0.25) is 0 Å². The Labute approximate surface area is 374 Å². The molecular weight excluding hydrogens is 855 g/mol. The zero-order valence-corrected chi connectivity index (χ0v) is 38.1. The molecule has 1 unspecified atom stereocenters. The van der Waals surface area contributed by atoms with Crippen molar-refractivity contribution in [2.75, 3.05) is 23.7 Å². The van der Waals surface area contributed by atoms with Gasteiger partial charge in [0, 0.05) is 53.9 Å². The van der Waals surface area contributed by atoms with Crippen LogP contribution in [0.25, 0.3) is 21.5 Å². The van der Waals surface area contributed by atoms with Gasteiger partial charge in [-0.15, -0.1) is 5.06 Å². The summed E-state index contributed by atoms with van der Waals surface area (Å²) in [5, 5.41) is 2.81. The van der Waals surface area contributed by atoms with Crippen LogP contribution < -0.4 is 4.90 Å². The summed E-state index contributed by atoms with van der Waals surface area (Å²) in [6, 6.07) is 25.2. The Morgan fingerprint density at radius 3 is 2.08 bits per heavy atom. The predicted molar refractivity (Wildman–Crippen MR) is 249 cm³/mol. The van der Waals surface area contributed by atoms with Crippen LogP contribution in [0.1, 0.15) is 83.8 Å². The molecule has 3 aliphatic rings. The molecule has 2 amide bonds. The van der Waals surface area contributed by atoms with E-state index in [1.165, 1.54) is 21.9 Å². The zero-order chi connectivity index (χ0) is 46.0. The molecule has 64 heavy (non-hydrogen) atoms. The lowest BCUT2D eigenvalue weighted by atomic mass is 9.79. The Morgan fingerprint density at radius 2 is 1.41 bits per heavy atom. The molecule has 0 bridgehead atoms. The Balaban J connectivity index is 1.05. The smallest absolute Gasteiger partial charge is 0.333 e. The lowest BCUT2D eigenvalue weighted by molar-refractivity contribution is -0.438. The van der Waals surface area contributed by atoms with Crippen LogP contribution >= 0.6 is 0 Å². The standard InChI is InChI=1S/C49H53N3O10S2/c1-48(2)41(23-9-6-5-7-10-24-42-49(3,4)46-37-22-15-13-20-35(37)27-29-39(46)51(42)31-17-18-32-63(56,57)58)50(38-28-26-34-19-12-14-21-36(34)45(38)48)30-16-8-11-25-44(54)62-52-43(53)33-40(47(52)55)64(59,60)61/h5-7,9-10,12-15,19-24,26-29,40H,8,11,16-18,25,30-33H2,1-4H3,(H-,56,57,58,59,60,61)/p+1. The number of unbranched alkanes of at least 4 members (excludes halogenated alkanes) is 3. The highest BCUT2D eigenvalue weighted by Crippen LogP contribution is 2.51. The lowest BCUT2D eigenvalue weighted by Gasteiger charge is -2.27. The molecule has 4 aromatic rings. The maximum absolute atomic E-state index is 12.5. The highest BCUT2D eigenvalue weighted by molar-refractivity contribution is 7.87. The minimum atomic E-state index is -4.81. The Bertz CT molecular complexity index is 2910. The molecule has 15 heteroatoms. The van der Waals surface area contributed by atoms with E-state index in [0.29, 0.717) is 45.2 Å². The van der Waals surface area contributed by atoms with Crippen LogP contribution in [0.3, 0.4) is 0 Å². The maximum atomic E-state index is 12.5. The van der Waals surface area contributed by atoms with Gasteiger partial charge in [0.1, 0.15) is 6.54 Å². The molecule has 0 aliphatic carbocycles. The maximum Gasteiger partial charge on any atom is 0.333 e. The van der Waals surface area contributed by atoms with Gasteiger partial charge in [-0.05, 0) is 78.4 Å². The molecular formula is C49H54N3O10S2+. The van der Waals surface area contributed by atoms with Crippen LogP contribution in [0.4, 0.5) is 11.4 Å². The van der Waals surface area contributed by atoms with Gasteiger partial charge in [-0.25, -0.2) is 4.79 Å². The van der Waals surface area contributed by atoms with Crippen LogP contribution in [0, 0.1) is 0 Å².